The molecule has 4 nitrogen and oxygen atoms in total. The molecule has 6 heteroatoms. The van der Waals surface area contributed by atoms with Crippen molar-refractivity contribution in [1.29, 1.82) is 0 Å². The van der Waals surface area contributed by atoms with Gasteiger partial charge in [0.05, 0.1) is 17.5 Å². The summed E-state index contributed by atoms with van der Waals surface area (Å²) in [6, 6.07) is 15.4. The summed E-state index contributed by atoms with van der Waals surface area (Å²) >= 11 is 1.50. The Balaban J connectivity index is 1.75. The number of carbonyl (C=O) groups excluding carboxylic acids is 1. The second-order valence-corrected chi connectivity index (χ2v) is 9.74. The smallest absolute Gasteiger partial charge is 0.233 e. The number of sulfone groups is 1. The zero-order valence-corrected chi connectivity index (χ0v) is 17.1. The second-order valence-electron chi connectivity index (χ2n) is 6.79. The Morgan fingerprint density at radius 2 is 1.89 bits per heavy atom. The summed E-state index contributed by atoms with van der Waals surface area (Å²) in [5, 5.41) is 1.22. The molecule has 1 aliphatic rings. The normalized spacial score (nSPS) is 17.8. The summed E-state index contributed by atoms with van der Waals surface area (Å²) in [4.78, 5) is 15.7. The number of thioether (sulfide) groups is 1. The molecule has 0 bridgehead atoms. The molecule has 1 amide bonds. The van der Waals surface area contributed by atoms with E-state index in [0.29, 0.717) is 6.54 Å². The van der Waals surface area contributed by atoms with E-state index in [0.717, 1.165) is 16.0 Å². The van der Waals surface area contributed by atoms with Crippen LogP contribution >= 0.6 is 11.8 Å². The monoisotopic (exact) mass is 401 g/mol. The molecule has 27 heavy (non-hydrogen) atoms. The lowest BCUT2D eigenvalue weighted by Crippen LogP contribution is -2.41. The average Bonchev–Trinajstić information content (AvgIpc) is 2.99. The van der Waals surface area contributed by atoms with Crippen LogP contribution in [0, 0.1) is 13.8 Å². The van der Waals surface area contributed by atoms with Gasteiger partial charge in [-0.2, -0.15) is 0 Å². The van der Waals surface area contributed by atoms with Crippen LogP contribution in [0.25, 0.3) is 0 Å². The maximum absolute atomic E-state index is 13.0. The van der Waals surface area contributed by atoms with Crippen molar-refractivity contribution in [2.75, 3.05) is 11.5 Å². The number of aryl methyl sites for hydroxylation is 2. The van der Waals surface area contributed by atoms with Crippen molar-refractivity contribution in [3.63, 3.8) is 0 Å². The Morgan fingerprint density at radius 1 is 1.15 bits per heavy atom. The largest absolute Gasteiger partial charge is 0.330 e. The third-order valence-electron chi connectivity index (χ3n) is 4.51. The molecule has 2 aromatic rings. The van der Waals surface area contributed by atoms with Gasteiger partial charge in [0.25, 0.3) is 0 Å². The predicted molar refractivity (Wildman–Crippen MR) is 110 cm³/mol. The minimum absolute atomic E-state index is 0.0419. The zero-order chi connectivity index (χ0) is 19.4. The van der Waals surface area contributed by atoms with Crippen molar-refractivity contribution in [3.05, 3.63) is 76.7 Å². The molecule has 0 saturated carbocycles. The first-order valence-corrected chi connectivity index (χ1v) is 11.5. The van der Waals surface area contributed by atoms with E-state index < -0.39 is 15.9 Å². The van der Waals surface area contributed by atoms with Crippen LogP contribution in [0.2, 0.25) is 0 Å². The maximum Gasteiger partial charge on any atom is 0.233 e. The van der Waals surface area contributed by atoms with Crippen LogP contribution in [0.4, 0.5) is 0 Å². The molecule has 0 saturated heterocycles. The zero-order valence-electron chi connectivity index (χ0n) is 15.5. The van der Waals surface area contributed by atoms with Crippen LogP contribution in [-0.2, 0) is 21.2 Å². The standard InChI is InChI=1S/C21H23NO3S2/c1-16-8-9-20(17(2)12-16)26-14-21(23)22(13-18-6-4-3-5-7-18)19-10-11-27(24,25)15-19/h3-12,19H,13-15H2,1-2H3/t19-/m0/s1. The maximum atomic E-state index is 13.0. The van der Waals surface area contributed by atoms with Gasteiger partial charge < -0.3 is 4.90 Å². The summed E-state index contributed by atoms with van der Waals surface area (Å²) in [6.45, 7) is 4.48. The van der Waals surface area contributed by atoms with Gasteiger partial charge in [0, 0.05) is 16.8 Å². The van der Waals surface area contributed by atoms with E-state index in [1.807, 2.05) is 56.3 Å². The molecular formula is C21H23NO3S2. The lowest BCUT2D eigenvalue weighted by molar-refractivity contribution is -0.130. The fourth-order valence-electron chi connectivity index (χ4n) is 3.11. The van der Waals surface area contributed by atoms with Crippen LogP contribution in [0.3, 0.4) is 0 Å². The van der Waals surface area contributed by atoms with E-state index in [-0.39, 0.29) is 17.4 Å². The summed E-state index contributed by atoms with van der Waals surface area (Å²) in [7, 11) is -3.23. The van der Waals surface area contributed by atoms with Crippen LogP contribution in [0.15, 0.2) is 64.9 Å². The molecule has 1 aliphatic heterocycles. The quantitative estimate of drug-likeness (QED) is 0.692. The van der Waals surface area contributed by atoms with Gasteiger partial charge in [-0.15, -0.1) is 11.8 Å². The number of carbonyl (C=O) groups is 1. The fourth-order valence-corrected chi connectivity index (χ4v) is 5.30. The van der Waals surface area contributed by atoms with Gasteiger partial charge in [0.1, 0.15) is 0 Å². The highest BCUT2D eigenvalue weighted by molar-refractivity contribution is 8.00. The van der Waals surface area contributed by atoms with Gasteiger partial charge in [0.15, 0.2) is 9.84 Å². The van der Waals surface area contributed by atoms with Crippen molar-refractivity contribution >= 4 is 27.5 Å². The predicted octanol–water partition coefficient (Wildman–Crippen LogP) is 3.74. The Kier molecular flexibility index (Phi) is 6.07. The molecule has 3 rings (SSSR count). The molecule has 2 aromatic carbocycles. The van der Waals surface area contributed by atoms with Gasteiger partial charge in [-0.05, 0) is 37.1 Å². The van der Waals surface area contributed by atoms with Gasteiger partial charge in [-0.25, -0.2) is 8.42 Å². The Hall–Kier alpha value is -2.05. The van der Waals surface area contributed by atoms with E-state index in [1.54, 1.807) is 11.0 Å². The molecule has 0 unspecified atom stereocenters. The summed E-state index contributed by atoms with van der Waals surface area (Å²) in [5.74, 6) is 0.177. The molecule has 0 spiro atoms. The first-order chi connectivity index (χ1) is 12.8. The minimum atomic E-state index is -3.23. The van der Waals surface area contributed by atoms with Gasteiger partial charge >= 0.3 is 0 Å². The SMILES string of the molecule is Cc1ccc(SCC(=O)N(Cc2ccccc2)[C@H]2C=CS(=O)(=O)C2)c(C)c1. The molecule has 0 N–H and O–H groups in total. The van der Waals surface area contributed by atoms with Crippen LogP contribution in [0.1, 0.15) is 16.7 Å². The highest BCUT2D eigenvalue weighted by Crippen LogP contribution is 2.25. The van der Waals surface area contributed by atoms with E-state index in [1.165, 1.54) is 22.7 Å². The van der Waals surface area contributed by atoms with Crippen molar-refractivity contribution in [1.82, 2.24) is 4.90 Å². The first kappa shape index (κ1) is 19.7. The molecular weight excluding hydrogens is 378 g/mol. The Bertz CT molecular complexity index is 953. The number of amides is 1. The number of benzene rings is 2. The number of hydrogen-bond acceptors (Lipinski definition) is 4. The summed E-state index contributed by atoms with van der Waals surface area (Å²) in [6.07, 6.45) is 1.62. The van der Waals surface area contributed by atoms with Crippen LogP contribution in [-0.4, -0.2) is 36.8 Å². The molecule has 142 valence electrons. The highest BCUT2D eigenvalue weighted by atomic mass is 32.2. The minimum Gasteiger partial charge on any atom is -0.330 e. The van der Waals surface area contributed by atoms with Crippen LogP contribution in [0.5, 0.6) is 0 Å². The molecule has 0 radical (unpaired) electrons. The van der Waals surface area contributed by atoms with Crippen molar-refractivity contribution in [2.24, 2.45) is 0 Å². The molecule has 0 fully saturated rings. The molecule has 0 aliphatic carbocycles. The van der Waals surface area contributed by atoms with Crippen molar-refractivity contribution < 1.29 is 13.2 Å². The van der Waals surface area contributed by atoms with E-state index >= 15 is 0 Å². The van der Waals surface area contributed by atoms with E-state index in [4.69, 9.17) is 0 Å². The van der Waals surface area contributed by atoms with Crippen molar-refractivity contribution in [3.8, 4) is 0 Å². The summed E-state index contributed by atoms with van der Waals surface area (Å²) in [5.41, 5.74) is 3.32. The fraction of sp³-hybridized carbons (Fsp3) is 0.286. The highest BCUT2D eigenvalue weighted by Gasteiger charge is 2.30. The van der Waals surface area contributed by atoms with Gasteiger partial charge in [0.2, 0.25) is 5.91 Å². The third kappa shape index (κ3) is 5.23. The number of nitrogens with zero attached hydrogens (tertiary/aromatic N) is 1. The Labute approximate surface area is 165 Å². The molecule has 1 atom stereocenters. The van der Waals surface area contributed by atoms with Gasteiger partial charge in [-0.3, -0.25) is 4.79 Å². The first-order valence-electron chi connectivity index (χ1n) is 8.78. The topological polar surface area (TPSA) is 54.5 Å². The summed E-state index contributed by atoms with van der Waals surface area (Å²) < 4.78 is 23.7. The van der Waals surface area contributed by atoms with E-state index in [2.05, 4.69) is 6.07 Å². The van der Waals surface area contributed by atoms with E-state index in [9.17, 15) is 13.2 Å². The number of rotatable bonds is 6. The van der Waals surface area contributed by atoms with Crippen molar-refractivity contribution in [2.45, 2.75) is 31.3 Å². The lowest BCUT2D eigenvalue weighted by Gasteiger charge is -2.27. The molecule has 1 heterocycles. The van der Waals surface area contributed by atoms with Gasteiger partial charge in [-0.1, -0.05) is 48.0 Å². The average molecular weight is 402 g/mol. The second kappa shape index (κ2) is 8.31. The Morgan fingerprint density at radius 3 is 2.52 bits per heavy atom. The van der Waals surface area contributed by atoms with Crippen LogP contribution < -0.4 is 0 Å². The third-order valence-corrected chi connectivity index (χ3v) is 7.05. The number of hydrogen-bond donors (Lipinski definition) is 0. The molecule has 0 aromatic heterocycles. The lowest BCUT2D eigenvalue weighted by atomic mass is 10.2.